The fourth-order valence-electron chi connectivity index (χ4n) is 8.90. The van der Waals surface area contributed by atoms with Gasteiger partial charge in [0.25, 0.3) is 0 Å². The minimum atomic E-state index is -1.92. The van der Waals surface area contributed by atoms with Crippen LogP contribution >= 0.6 is 0 Å². The van der Waals surface area contributed by atoms with Crippen LogP contribution in [0.4, 0.5) is 0 Å². The maximum Gasteiger partial charge on any atom is 0.315 e. The van der Waals surface area contributed by atoms with Gasteiger partial charge in [-0.15, -0.1) is 0 Å². The fourth-order valence-corrected chi connectivity index (χ4v) is 11.3. The molecule has 6 nitrogen and oxygen atoms in total. The zero-order valence-electron chi connectivity index (χ0n) is 22.2. The number of rotatable bonds is 5. The Balaban J connectivity index is 1.65. The van der Waals surface area contributed by atoms with Crippen molar-refractivity contribution in [2.75, 3.05) is 7.11 Å². The topological polar surface area (TPSA) is 71.1 Å². The van der Waals surface area contributed by atoms with Gasteiger partial charge in [-0.05, 0) is 83.7 Å². The fraction of sp³-hybridized carbons (Fsp3) is 0.846. The maximum atomic E-state index is 13.7. The Hall–Kier alpha value is -0.966. The van der Waals surface area contributed by atoms with Gasteiger partial charge in [-0.2, -0.15) is 0 Å². The van der Waals surface area contributed by atoms with Crippen molar-refractivity contribution in [2.45, 2.75) is 96.1 Å². The number of carbonyl (C=O) groups excluding carboxylic acids is 2. The van der Waals surface area contributed by atoms with Crippen LogP contribution in [0, 0.1) is 34.5 Å². The highest BCUT2D eigenvalue weighted by Crippen LogP contribution is 2.78. The first-order chi connectivity index (χ1) is 15.6. The third kappa shape index (κ3) is 3.17. The summed E-state index contributed by atoms with van der Waals surface area (Å²) in [5.41, 5.74) is -0.593. The summed E-state index contributed by atoms with van der Waals surface area (Å²) in [5.74, 6) is -0.692. The van der Waals surface area contributed by atoms with Gasteiger partial charge in [-0.1, -0.05) is 12.2 Å². The Morgan fingerprint density at radius 3 is 2.35 bits per heavy atom. The predicted molar refractivity (Wildman–Crippen MR) is 134 cm³/mol. The molecule has 0 aromatic carbocycles. The summed E-state index contributed by atoms with van der Waals surface area (Å²) >= 11 is 0. The standard InChI is InChI=1S/C26H42O6Si2/c1-15-13-25-14-16(15)17(31-33(4,5)6)12-18(25)26-11-10-19(32-34(7,8)9)24(2,23(28)30-26)21(26)20(25)22(27)29-3/h16-21H,1,10-14H2,2-9H3/t16?,17-,18+,19-,20+,21+,24?,25-,26+/m0/s1. The van der Waals surface area contributed by atoms with Crippen LogP contribution in [0.2, 0.25) is 39.3 Å². The largest absolute Gasteiger partial charge is 0.469 e. The van der Waals surface area contributed by atoms with E-state index in [1.165, 1.54) is 12.7 Å². The first-order valence-electron chi connectivity index (χ1n) is 12.9. The Morgan fingerprint density at radius 1 is 1.12 bits per heavy atom. The highest BCUT2D eigenvalue weighted by Gasteiger charge is 2.84. The molecule has 1 heterocycles. The van der Waals surface area contributed by atoms with Crippen LogP contribution in [0.25, 0.3) is 0 Å². The first-order valence-corrected chi connectivity index (χ1v) is 19.8. The van der Waals surface area contributed by atoms with Gasteiger partial charge in [0, 0.05) is 17.8 Å². The highest BCUT2D eigenvalue weighted by molar-refractivity contribution is 6.70. The molecule has 4 saturated carbocycles. The maximum absolute atomic E-state index is 13.7. The molecule has 9 atom stereocenters. The number of hydrogen-bond acceptors (Lipinski definition) is 6. The average molecular weight is 507 g/mol. The monoisotopic (exact) mass is 506 g/mol. The Bertz CT molecular complexity index is 937. The molecular weight excluding hydrogens is 464 g/mol. The molecule has 0 radical (unpaired) electrons. The number of ether oxygens (including phenoxy) is 2. The summed E-state index contributed by atoms with van der Waals surface area (Å²) in [4.78, 5) is 27.3. The molecule has 5 fully saturated rings. The van der Waals surface area contributed by atoms with E-state index < -0.39 is 27.7 Å². The molecule has 5 rings (SSSR count). The molecule has 8 heteroatoms. The number of hydrogen-bond donors (Lipinski definition) is 0. The number of methoxy groups -OCH3 is 1. The lowest BCUT2D eigenvalue weighted by molar-refractivity contribution is -0.165. The molecule has 0 aromatic heterocycles. The zero-order chi connectivity index (χ0) is 25.1. The Morgan fingerprint density at radius 2 is 1.76 bits per heavy atom. The second-order valence-electron chi connectivity index (χ2n) is 13.8. The lowest BCUT2D eigenvalue weighted by Gasteiger charge is -2.48. The first kappa shape index (κ1) is 24.7. The minimum absolute atomic E-state index is 0.0737. The summed E-state index contributed by atoms with van der Waals surface area (Å²) in [6, 6.07) is 0. The van der Waals surface area contributed by atoms with Crippen LogP contribution < -0.4 is 0 Å². The van der Waals surface area contributed by atoms with Gasteiger partial charge in [-0.25, -0.2) is 0 Å². The Kier molecular flexibility index (Phi) is 5.30. The molecule has 4 bridgehead atoms. The van der Waals surface area contributed by atoms with Gasteiger partial charge in [0.1, 0.15) is 5.60 Å². The number of fused-ring (bicyclic) bond motifs is 1. The van der Waals surface area contributed by atoms with Crippen molar-refractivity contribution >= 4 is 28.6 Å². The summed E-state index contributed by atoms with van der Waals surface area (Å²) < 4.78 is 25.3. The van der Waals surface area contributed by atoms with Crippen LogP contribution in [0.3, 0.4) is 0 Å². The van der Waals surface area contributed by atoms with Crippen molar-refractivity contribution in [3.8, 4) is 0 Å². The summed E-state index contributed by atoms with van der Waals surface area (Å²) in [5, 5.41) is 0. The molecule has 0 aromatic rings. The SMILES string of the molecule is C=C1C[C@]23CC1[C@@H](O[Si](C)(C)C)C[C@H]2[C@@]12CC[C@H](O[Si](C)(C)C)C(C)(C(=O)O1)[C@H]2[C@@H]3C(=O)OC. The molecule has 2 unspecified atom stereocenters. The molecule has 190 valence electrons. The van der Waals surface area contributed by atoms with Gasteiger partial charge in [0.2, 0.25) is 0 Å². The van der Waals surface area contributed by atoms with Crippen LogP contribution in [-0.2, 0) is 27.9 Å². The van der Waals surface area contributed by atoms with Crippen LogP contribution in [-0.4, -0.2) is 53.5 Å². The van der Waals surface area contributed by atoms with E-state index in [2.05, 4.69) is 45.9 Å². The van der Waals surface area contributed by atoms with E-state index in [-0.39, 0.29) is 53.2 Å². The molecule has 4 aliphatic carbocycles. The molecule has 0 amide bonds. The molecule has 5 aliphatic rings. The molecule has 0 N–H and O–H groups in total. The molecule has 1 aliphatic heterocycles. The third-order valence-corrected chi connectivity index (χ3v) is 11.7. The van der Waals surface area contributed by atoms with Crippen molar-refractivity contribution in [1.29, 1.82) is 0 Å². The van der Waals surface area contributed by atoms with E-state index in [0.29, 0.717) is 0 Å². The van der Waals surface area contributed by atoms with Crippen LogP contribution in [0.5, 0.6) is 0 Å². The normalized spacial score (nSPS) is 47.3. The van der Waals surface area contributed by atoms with E-state index in [4.69, 9.17) is 18.3 Å². The van der Waals surface area contributed by atoms with Crippen molar-refractivity contribution < 1.29 is 27.9 Å². The lowest BCUT2D eigenvalue weighted by atomic mass is 9.59. The molecular formula is C26H42O6Si2. The quantitative estimate of drug-likeness (QED) is 0.300. The molecule has 1 saturated heterocycles. The van der Waals surface area contributed by atoms with Crippen LogP contribution in [0.15, 0.2) is 12.2 Å². The van der Waals surface area contributed by atoms with Gasteiger partial charge in [0.15, 0.2) is 16.6 Å². The van der Waals surface area contributed by atoms with E-state index in [1.54, 1.807) is 0 Å². The van der Waals surface area contributed by atoms with E-state index in [9.17, 15) is 9.59 Å². The van der Waals surface area contributed by atoms with Crippen molar-refractivity contribution in [3.05, 3.63) is 12.2 Å². The third-order valence-electron chi connectivity index (χ3n) is 9.65. The smallest absolute Gasteiger partial charge is 0.315 e. The molecule has 34 heavy (non-hydrogen) atoms. The van der Waals surface area contributed by atoms with Crippen LogP contribution in [0.1, 0.15) is 39.0 Å². The lowest BCUT2D eigenvalue weighted by Crippen LogP contribution is -2.56. The van der Waals surface area contributed by atoms with Gasteiger partial charge in [-0.3, -0.25) is 9.59 Å². The highest BCUT2D eigenvalue weighted by atomic mass is 28.4. The van der Waals surface area contributed by atoms with E-state index in [0.717, 1.165) is 32.1 Å². The Labute approximate surface area is 206 Å². The van der Waals surface area contributed by atoms with Gasteiger partial charge < -0.3 is 18.3 Å². The van der Waals surface area contributed by atoms with Crippen molar-refractivity contribution in [1.82, 2.24) is 0 Å². The molecule has 1 spiro atoms. The van der Waals surface area contributed by atoms with Gasteiger partial charge in [0.05, 0.1) is 30.7 Å². The van der Waals surface area contributed by atoms with Crippen molar-refractivity contribution in [2.24, 2.45) is 34.5 Å². The number of esters is 2. The minimum Gasteiger partial charge on any atom is -0.469 e. The number of carbonyl (C=O) groups is 2. The summed E-state index contributed by atoms with van der Waals surface area (Å²) in [6.45, 7) is 19.7. The zero-order valence-corrected chi connectivity index (χ0v) is 24.2. The average Bonchev–Trinajstić information content (AvgIpc) is 3.18. The summed E-state index contributed by atoms with van der Waals surface area (Å²) in [6.07, 6.45) is 3.85. The van der Waals surface area contributed by atoms with Gasteiger partial charge >= 0.3 is 11.9 Å². The second-order valence-corrected chi connectivity index (χ2v) is 22.7. The summed E-state index contributed by atoms with van der Waals surface area (Å²) in [7, 11) is -2.24. The predicted octanol–water partition coefficient (Wildman–Crippen LogP) is 4.91. The van der Waals surface area contributed by atoms with Crippen molar-refractivity contribution in [3.63, 3.8) is 0 Å². The second kappa shape index (κ2) is 7.29. The van der Waals surface area contributed by atoms with E-state index in [1.807, 2.05) is 6.92 Å². The van der Waals surface area contributed by atoms with E-state index >= 15 is 0 Å².